The van der Waals surface area contributed by atoms with Gasteiger partial charge in [0.2, 0.25) is 5.91 Å². The van der Waals surface area contributed by atoms with Gasteiger partial charge in [0.15, 0.2) is 0 Å². The number of carbonyl (C=O) groups excluding carboxylic acids is 1. The van der Waals surface area contributed by atoms with Crippen LogP contribution in [0.4, 0.5) is 5.69 Å². The molecule has 4 heteroatoms. The van der Waals surface area contributed by atoms with Crippen molar-refractivity contribution in [2.45, 2.75) is 38.5 Å². The van der Waals surface area contributed by atoms with E-state index >= 15 is 0 Å². The summed E-state index contributed by atoms with van der Waals surface area (Å²) in [6, 6.07) is 7.77. The fraction of sp³-hybridized carbons (Fsp3) is 0.389. The Bertz CT molecular complexity index is 607. The average Bonchev–Trinajstić information content (AvgIpc) is 2.97. The molecule has 0 bridgehead atoms. The van der Waals surface area contributed by atoms with Crippen LogP contribution in [0.25, 0.3) is 0 Å². The van der Waals surface area contributed by atoms with Gasteiger partial charge in [-0.05, 0) is 48.4 Å². The number of hydrogen-bond donors (Lipinski definition) is 1. The summed E-state index contributed by atoms with van der Waals surface area (Å²) in [6.07, 6.45) is 13.2. The van der Waals surface area contributed by atoms with Crippen LogP contribution in [0.15, 0.2) is 49.1 Å². The van der Waals surface area contributed by atoms with Crippen molar-refractivity contribution in [1.29, 1.82) is 0 Å². The number of anilines is 1. The molecule has 1 N–H and O–H groups in total. The quantitative estimate of drug-likeness (QED) is 0.916. The molecule has 1 saturated carbocycles. The molecule has 4 nitrogen and oxygen atoms in total. The first-order chi connectivity index (χ1) is 10.8. The van der Waals surface area contributed by atoms with Gasteiger partial charge in [-0.2, -0.15) is 0 Å². The third-order valence-electron chi connectivity index (χ3n) is 4.45. The van der Waals surface area contributed by atoms with Gasteiger partial charge in [-0.1, -0.05) is 18.9 Å². The predicted octanol–water partition coefficient (Wildman–Crippen LogP) is 3.61. The lowest BCUT2D eigenvalue weighted by Crippen LogP contribution is -2.27. The number of rotatable bonds is 5. The standard InChI is InChI=1S/C18H21N3O/c22-17(21-16-6-4-10-20-14-16)12-18(7-1-2-8-18)11-15-5-3-9-19-13-15/h3-6,9-10,13-14H,1-2,7-8,11-12H2,(H,21,22). The van der Waals surface area contributed by atoms with E-state index in [-0.39, 0.29) is 11.3 Å². The van der Waals surface area contributed by atoms with Gasteiger partial charge in [0, 0.05) is 25.0 Å². The van der Waals surface area contributed by atoms with Crippen molar-refractivity contribution in [2.24, 2.45) is 5.41 Å². The van der Waals surface area contributed by atoms with Crippen LogP contribution in [0.2, 0.25) is 0 Å². The highest BCUT2D eigenvalue weighted by Crippen LogP contribution is 2.43. The van der Waals surface area contributed by atoms with Crippen molar-refractivity contribution in [2.75, 3.05) is 5.32 Å². The zero-order valence-corrected chi connectivity index (χ0v) is 12.7. The zero-order valence-electron chi connectivity index (χ0n) is 12.7. The van der Waals surface area contributed by atoms with E-state index in [9.17, 15) is 4.79 Å². The van der Waals surface area contributed by atoms with E-state index in [1.807, 2.05) is 24.4 Å². The first kappa shape index (κ1) is 14.7. The molecule has 2 aromatic heterocycles. The summed E-state index contributed by atoms with van der Waals surface area (Å²) in [5, 5.41) is 2.96. The second-order valence-corrected chi connectivity index (χ2v) is 6.21. The van der Waals surface area contributed by atoms with Crippen LogP contribution in [0, 0.1) is 5.41 Å². The number of nitrogens with zero attached hydrogens (tertiary/aromatic N) is 2. The van der Waals surface area contributed by atoms with Crippen molar-refractivity contribution in [3.63, 3.8) is 0 Å². The molecule has 2 aromatic rings. The van der Waals surface area contributed by atoms with Gasteiger partial charge < -0.3 is 5.32 Å². The van der Waals surface area contributed by atoms with Crippen molar-refractivity contribution in [1.82, 2.24) is 9.97 Å². The van der Waals surface area contributed by atoms with Crippen LogP contribution in [-0.4, -0.2) is 15.9 Å². The van der Waals surface area contributed by atoms with Crippen molar-refractivity contribution in [3.8, 4) is 0 Å². The number of aromatic nitrogens is 2. The molecule has 1 amide bonds. The molecule has 0 unspecified atom stereocenters. The van der Waals surface area contributed by atoms with Crippen molar-refractivity contribution >= 4 is 11.6 Å². The third kappa shape index (κ3) is 3.70. The van der Waals surface area contributed by atoms with Gasteiger partial charge in [-0.25, -0.2) is 0 Å². The van der Waals surface area contributed by atoms with Crippen LogP contribution in [-0.2, 0) is 11.2 Å². The fourth-order valence-corrected chi connectivity index (χ4v) is 3.46. The van der Waals surface area contributed by atoms with Crippen LogP contribution in [0.1, 0.15) is 37.7 Å². The highest BCUT2D eigenvalue weighted by atomic mass is 16.1. The lowest BCUT2D eigenvalue weighted by atomic mass is 9.77. The van der Waals surface area contributed by atoms with Crippen LogP contribution in [0.5, 0.6) is 0 Å². The Labute approximate surface area is 131 Å². The molecule has 0 radical (unpaired) electrons. The second-order valence-electron chi connectivity index (χ2n) is 6.21. The Morgan fingerprint density at radius 1 is 1.09 bits per heavy atom. The molecule has 3 rings (SSSR count). The van der Waals surface area contributed by atoms with E-state index in [1.165, 1.54) is 18.4 Å². The van der Waals surface area contributed by atoms with E-state index in [4.69, 9.17) is 0 Å². The molecule has 0 atom stereocenters. The molecule has 0 saturated heterocycles. The first-order valence-electron chi connectivity index (χ1n) is 7.85. The summed E-state index contributed by atoms with van der Waals surface area (Å²) < 4.78 is 0. The minimum absolute atomic E-state index is 0.0787. The number of nitrogens with one attached hydrogen (secondary N) is 1. The van der Waals surface area contributed by atoms with Gasteiger partial charge in [0.05, 0.1) is 11.9 Å². The van der Waals surface area contributed by atoms with E-state index < -0.39 is 0 Å². The molecule has 114 valence electrons. The van der Waals surface area contributed by atoms with Gasteiger partial charge in [0.25, 0.3) is 0 Å². The summed E-state index contributed by atoms with van der Waals surface area (Å²) >= 11 is 0. The zero-order chi connectivity index (χ0) is 15.3. The monoisotopic (exact) mass is 295 g/mol. The Morgan fingerprint density at radius 3 is 2.45 bits per heavy atom. The normalized spacial score (nSPS) is 16.4. The molecule has 22 heavy (non-hydrogen) atoms. The number of hydrogen-bond acceptors (Lipinski definition) is 3. The summed E-state index contributed by atoms with van der Waals surface area (Å²) in [7, 11) is 0. The van der Waals surface area contributed by atoms with E-state index in [2.05, 4.69) is 21.4 Å². The number of carbonyl (C=O) groups is 1. The SMILES string of the molecule is O=C(CC1(Cc2cccnc2)CCCC1)Nc1cccnc1. The van der Waals surface area contributed by atoms with E-state index in [1.54, 1.807) is 18.6 Å². The molecule has 1 fully saturated rings. The first-order valence-corrected chi connectivity index (χ1v) is 7.85. The third-order valence-corrected chi connectivity index (χ3v) is 4.45. The topological polar surface area (TPSA) is 54.9 Å². The largest absolute Gasteiger partial charge is 0.325 e. The molecule has 0 aliphatic heterocycles. The van der Waals surface area contributed by atoms with E-state index in [0.29, 0.717) is 6.42 Å². The van der Waals surface area contributed by atoms with Crippen molar-refractivity contribution < 1.29 is 4.79 Å². The highest BCUT2D eigenvalue weighted by Gasteiger charge is 2.36. The average molecular weight is 295 g/mol. The highest BCUT2D eigenvalue weighted by molar-refractivity contribution is 5.91. The van der Waals surface area contributed by atoms with Crippen molar-refractivity contribution in [3.05, 3.63) is 54.6 Å². The predicted molar refractivity (Wildman–Crippen MR) is 86.3 cm³/mol. The Kier molecular flexibility index (Phi) is 4.47. The molecule has 1 aliphatic carbocycles. The Hall–Kier alpha value is -2.23. The van der Waals surface area contributed by atoms with Crippen LogP contribution < -0.4 is 5.32 Å². The molecular formula is C18H21N3O. The van der Waals surface area contributed by atoms with Crippen LogP contribution in [0.3, 0.4) is 0 Å². The Balaban J connectivity index is 1.67. The van der Waals surface area contributed by atoms with Gasteiger partial charge in [-0.15, -0.1) is 0 Å². The number of amides is 1. The molecular weight excluding hydrogens is 274 g/mol. The maximum atomic E-state index is 12.4. The second kappa shape index (κ2) is 6.69. The summed E-state index contributed by atoms with van der Waals surface area (Å²) in [5.41, 5.74) is 2.07. The molecule has 2 heterocycles. The van der Waals surface area contributed by atoms with Crippen LogP contribution >= 0.6 is 0 Å². The lowest BCUT2D eigenvalue weighted by molar-refractivity contribution is -0.118. The summed E-state index contributed by atoms with van der Waals surface area (Å²) in [6.45, 7) is 0. The maximum Gasteiger partial charge on any atom is 0.224 e. The van der Waals surface area contributed by atoms with Gasteiger partial charge in [0.1, 0.15) is 0 Å². The smallest absolute Gasteiger partial charge is 0.224 e. The minimum atomic E-state index is 0.0787. The molecule has 1 aliphatic rings. The maximum absolute atomic E-state index is 12.4. The lowest BCUT2D eigenvalue weighted by Gasteiger charge is -2.28. The minimum Gasteiger partial charge on any atom is -0.325 e. The van der Waals surface area contributed by atoms with Gasteiger partial charge >= 0.3 is 0 Å². The number of pyridine rings is 2. The summed E-state index contributed by atoms with van der Waals surface area (Å²) in [4.78, 5) is 20.6. The van der Waals surface area contributed by atoms with E-state index in [0.717, 1.165) is 24.9 Å². The molecule has 0 aromatic carbocycles. The molecule has 0 spiro atoms. The Morgan fingerprint density at radius 2 is 1.82 bits per heavy atom. The van der Waals surface area contributed by atoms with Gasteiger partial charge in [-0.3, -0.25) is 14.8 Å². The summed E-state index contributed by atoms with van der Waals surface area (Å²) in [5.74, 6) is 0.0822. The fourth-order valence-electron chi connectivity index (χ4n) is 3.46.